The summed E-state index contributed by atoms with van der Waals surface area (Å²) in [6.07, 6.45) is -3.35. The van der Waals surface area contributed by atoms with Gasteiger partial charge in [0.1, 0.15) is 0 Å². The molecule has 11 heteroatoms. The highest BCUT2D eigenvalue weighted by molar-refractivity contribution is 5.88. The first-order valence-corrected chi connectivity index (χ1v) is 13.5. The molecule has 6 unspecified atom stereocenters. The van der Waals surface area contributed by atoms with Crippen molar-refractivity contribution in [3.8, 4) is 11.5 Å². The van der Waals surface area contributed by atoms with Crippen LogP contribution in [0.15, 0.2) is 18.2 Å². The molecular formula is C28H39F3N2O6. The minimum atomic E-state index is -5.02. The molecule has 3 N–H and O–H groups in total. The summed E-state index contributed by atoms with van der Waals surface area (Å²) in [5, 5.41) is 22.5. The van der Waals surface area contributed by atoms with Crippen LogP contribution in [0.2, 0.25) is 0 Å². The number of aliphatic hydroxyl groups excluding tert-OH is 1. The number of ether oxygens (including phenoxy) is 2. The van der Waals surface area contributed by atoms with Crippen molar-refractivity contribution < 1.29 is 42.4 Å². The topological polar surface area (TPSA) is 108 Å². The molecule has 0 radical (unpaired) electrons. The molecule has 2 aliphatic carbocycles. The molecule has 3 fully saturated rings. The first kappa shape index (κ1) is 29.5. The number of aryl methyl sites for hydroxylation is 1. The van der Waals surface area contributed by atoms with Crippen LogP contribution in [0.3, 0.4) is 0 Å². The number of amides is 2. The lowest BCUT2D eigenvalue weighted by molar-refractivity contribution is -0.204. The zero-order valence-corrected chi connectivity index (χ0v) is 22.9. The first-order valence-electron chi connectivity index (χ1n) is 13.5. The van der Waals surface area contributed by atoms with Gasteiger partial charge in [0.25, 0.3) is 5.91 Å². The molecule has 8 nitrogen and oxygen atoms in total. The average Bonchev–Trinajstić information content (AvgIpc) is 3.49. The lowest BCUT2D eigenvalue weighted by Gasteiger charge is -2.41. The van der Waals surface area contributed by atoms with Crippen LogP contribution < -0.4 is 10.1 Å². The fourth-order valence-electron chi connectivity index (χ4n) is 6.78. The van der Waals surface area contributed by atoms with Crippen molar-refractivity contribution in [1.29, 1.82) is 0 Å². The molecule has 1 aromatic rings. The zero-order chi connectivity index (χ0) is 28.8. The number of hydrogen-bond acceptors (Lipinski definition) is 6. The minimum absolute atomic E-state index is 0.0273. The van der Waals surface area contributed by atoms with Crippen molar-refractivity contribution in [2.75, 3.05) is 13.7 Å². The molecule has 1 aromatic carbocycles. The Morgan fingerprint density at radius 1 is 1.23 bits per heavy atom. The lowest BCUT2D eigenvalue weighted by Crippen LogP contribution is -2.58. The number of hydrogen-bond donors (Lipinski definition) is 3. The Morgan fingerprint density at radius 3 is 2.54 bits per heavy atom. The van der Waals surface area contributed by atoms with Gasteiger partial charge in [-0.3, -0.25) is 9.59 Å². The lowest BCUT2D eigenvalue weighted by atomic mass is 9.70. The monoisotopic (exact) mass is 556 g/mol. The first-order chi connectivity index (χ1) is 18.2. The number of benzene rings is 1. The van der Waals surface area contributed by atoms with Gasteiger partial charge in [-0.1, -0.05) is 26.8 Å². The summed E-state index contributed by atoms with van der Waals surface area (Å²) in [4.78, 5) is 26.7. The number of nitrogens with zero attached hydrogens (tertiary/aromatic N) is 1. The van der Waals surface area contributed by atoms with Crippen LogP contribution in [-0.2, 0) is 20.7 Å². The maximum Gasteiger partial charge on any atom is 0.417 e. The third-order valence-electron chi connectivity index (χ3n) is 9.69. The van der Waals surface area contributed by atoms with Crippen LogP contribution in [0, 0.1) is 16.7 Å². The minimum Gasteiger partial charge on any atom is -0.504 e. The van der Waals surface area contributed by atoms with Crippen LogP contribution in [0.4, 0.5) is 13.2 Å². The predicted octanol–water partition coefficient (Wildman–Crippen LogP) is 3.92. The van der Waals surface area contributed by atoms with Crippen molar-refractivity contribution in [1.82, 2.24) is 10.2 Å². The average molecular weight is 557 g/mol. The van der Waals surface area contributed by atoms with E-state index in [9.17, 15) is 33.0 Å². The number of aliphatic hydroxyl groups is 1. The molecule has 2 amide bonds. The molecule has 218 valence electrons. The van der Waals surface area contributed by atoms with E-state index in [2.05, 4.69) is 20.8 Å². The summed E-state index contributed by atoms with van der Waals surface area (Å²) < 4.78 is 53.0. The Hall–Kier alpha value is -2.53. The molecule has 39 heavy (non-hydrogen) atoms. The maximum atomic E-state index is 14.0. The molecule has 6 atom stereocenters. The van der Waals surface area contributed by atoms with E-state index in [1.165, 1.54) is 25.3 Å². The Morgan fingerprint density at radius 2 is 1.95 bits per heavy atom. The van der Waals surface area contributed by atoms with E-state index >= 15 is 0 Å². The Bertz CT molecular complexity index is 1080. The number of halogens is 3. The predicted molar refractivity (Wildman–Crippen MR) is 136 cm³/mol. The van der Waals surface area contributed by atoms with Crippen LogP contribution in [-0.4, -0.2) is 71.2 Å². The summed E-state index contributed by atoms with van der Waals surface area (Å²) in [5.74, 6) is -1.71. The quantitative estimate of drug-likeness (QED) is 0.398. The third kappa shape index (κ3) is 5.57. The van der Waals surface area contributed by atoms with E-state index < -0.39 is 36.4 Å². The highest BCUT2D eigenvalue weighted by atomic mass is 19.4. The highest BCUT2D eigenvalue weighted by Crippen LogP contribution is 2.66. The fourth-order valence-corrected chi connectivity index (χ4v) is 6.78. The highest BCUT2D eigenvalue weighted by Gasteiger charge is 2.62. The second kappa shape index (κ2) is 10.8. The van der Waals surface area contributed by atoms with E-state index in [-0.39, 0.29) is 47.8 Å². The number of alkyl halides is 3. The van der Waals surface area contributed by atoms with Gasteiger partial charge in [0.15, 0.2) is 17.8 Å². The van der Waals surface area contributed by atoms with Gasteiger partial charge in [-0.2, -0.15) is 13.2 Å². The van der Waals surface area contributed by atoms with Gasteiger partial charge in [0.2, 0.25) is 11.9 Å². The van der Waals surface area contributed by atoms with Crippen molar-refractivity contribution in [3.05, 3.63) is 23.8 Å². The van der Waals surface area contributed by atoms with Gasteiger partial charge in [0.05, 0.1) is 19.3 Å². The van der Waals surface area contributed by atoms with Crippen molar-refractivity contribution in [3.63, 3.8) is 0 Å². The van der Waals surface area contributed by atoms with Gasteiger partial charge in [-0.15, -0.1) is 0 Å². The number of aromatic hydroxyl groups is 1. The van der Waals surface area contributed by atoms with Crippen LogP contribution in [0.1, 0.15) is 64.9 Å². The molecule has 1 aliphatic heterocycles. The molecule has 1 saturated heterocycles. The van der Waals surface area contributed by atoms with Gasteiger partial charge in [-0.05, 0) is 73.0 Å². The molecule has 3 aliphatic rings. The number of nitrogens with one attached hydrogen (secondary N) is 1. The normalized spacial score (nSPS) is 29.3. The van der Waals surface area contributed by atoms with Crippen molar-refractivity contribution >= 4 is 11.8 Å². The summed E-state index contributed by atoms with van der Waals surface area (Å²) in [6, 6.07) is 0.738. The molecule has 1 heterocycles. The van der Waals surface area contributed by atoms with E-state index in [0.29, 0.717) is 24.3 Å². The second-order valence-electron chi connectivity index (χ2n) is 11.9. The molecular weight excluding hydrogens is 517 g/mol. The number of carbonyl (C=O) groups is 2. The number of fused-ring (bicyclic) bond motifs is 2. The summed E-state index contributed by atoms with van der Waals surface area (Å²) in [6.45, 7) is 6.56. The van der Waals surface area contributed by atoms with E-state index in [0.717, 1.165) is 24.2 Å². The van der Waals surface area contributed by atoms with Crippen LogP contribution >= 0.6 is 0 Å². The Kier molecular flexibility index (Phi) is 8.16. The van der Waals surface area contributed by atoms with Crippen LogP contribution in [0.5, 0.6) is 11.5 Å². The molecule has 4 rings (SSSR count). The van der Waals surface area contributed by atoms with Crippen molar-refractivity contribution in [2.45, 2.75) is 96.4 Å². The fraction of sp³-hybridized carbons (Fsp3) is 0.714. The van der Waals surface area contributed by atoms with Gasteiger partial charge in [-0.25, -0.2) is 0 Å². The van der Waals surface area contributed by atoms with Gasteiger partial charge < -0.3 is 29.9 Å². The van der Waals surface area contributed by atoms with Crippen LogP contribution in [0.25, 0.3) is 0 Å². The smallest absolute Gasteiger partial charge is 0.417 e. The number of likely N-dealkylation sites (tertiary alicyclic amines) is 1. The number of rotatable bonds is 9. The van der Waals surface area contributed by atoms with E-state index in [4.69, 9.17) is 9.47 Å². The number of methoxy groups -OCH3 is 1. The number of phenolic OH excluding ortho intramolecular Hbond substituents is 1. The SMILES string of the molecule is COc1cc(CCC(=O)NC(C(=O)N2CCCC2C(O)OC2CC3CCC2(C)C3(C)C)C(F)(F)F)ccc1O. The largest absolute Gasteiger partial charge is 0.504 e. The second-order valence-corrected chi connectivity index (χ2v) is 11.9. The molecule has 0 aromatic heterocycles. The number of carbonyl (C=O) groups excluding carboxylic acids is 2. The van der Waals surface area contributed by atoms with E-state index in [1.807, 2.05) is 5.32 Å². The summed E-state index contributed by atoms with van der Waals surface area (Å²) in [7, 11) is 1.36. The van der Waals surface area contributed by atoms with Gasteiger partial charge >= 0.3 is 6.18 Å². The maximum absolute atomic E-state index is 14.0. The molecule has 2 saturated carbocycles. The standard InChI is InChI=1S/C28H39F3N2O6/c1-26(2)17-11-12-27(26,3)21(15-17)39-25(37)18-6-5-13-33(18)24(36)23(28(29,30)31)32-22(35)10-8-16-7-9-19(34)20(14-16)38-4/h7,9,14,17-18,21,23,25,34,37H,5-6,8,10-13,15H2,1-4H3,(H,32,35). The zero-order valence-electron chi connectivity index (χ0n) is 22.9. The molecule has 2 bridgehead atoms. The van der Waals surface area contributed by atoms with E-state index in [1.54, 1.807) is 0 Å². The Labute approximate surface area is 226 Å². The summed E-state index contributed by atoms with van der Waals surface area (Å²) >= 11 is 0. The summed E-state index contributed by atoms with van der Waals surface area (Å²) in [5.41, 5.74) is 0.447. The Balaban J connectivity index is 1.40. The molecule has 0 spiro atoms. The van der Waals surface area contributed by atoms with Crippen molar-refractivity contribution in [2.24, 2.45) is 16.7 Å². The third-order valence-corrected chi connectivity index (χ3v) is 9.69. The number of phenols is 1. The van der Waals surface area contributed by atoms with Gasteiger partial charge in [0, 0.05) is 13.0 Å².